The van der Waals surface area contributed by atoms with E-state index in [2.05, 4.69) is 12.2 Å². The molecule has 20 heavy (non-hydrogen) atoms. The van der Waals surface area contributed by atoms with Crippen LogP contribution in [0.2, 0.25) is 0 Å². The highest BCUT2D eigenvalue weighted by Gasteiger charge is 2.37. The molecule has 0 spiro atoms. The van der Waals surface area contributed by atoms with Gasteiger partial charge in [-0.15, -0.1) is 0 Å². The van der Waals surface area contributed by atoms with Crippen molar-refractivity contribution in [3.8, 4) is 0 Å². The van der Waals surface area contributed by atoms with Crippen LogP contribution in [0.15, 0.2) is 24.3 Å². The van der Waals surface area contributed by atoms with Crippen molar-refractivity contribution in [1.29, 1.82) is 0 Å². The number of esters is 1. The summed E-state index contributed by atoms with van der Waals surface area (Å²) in [7, 11) is 0. The Morgan fingerprint density at radius 2 is 2.00 bits per heavy atom. The standard InChI is InChI=1S/C16H24O4/c1-11-5-3-2-4-6-12-7-8-13(17)16(12)14(18)9-10-15(19)20-11/h4,6,9-14,16-18H,2-3,5,7-8H2,1H3/t11-,12+,13-,14+,16-/m0/s1. The van der Waals surface area contributed by atoms with Crippen LogP contribution in [0.5, 0.6) is 0 Å². The molecule has 0 aromatic heterocycles. The van der Waals surface area contributed by atoms with E-state index >= 15 is 0 Å². The number of rotatable bonds is 0. The van der Waals surface area contributed by atoms with Gasteiger partial charge in [0, 0.05) is 12.0 Å². The first-order valence-electron chi connectivity index (χ1n) is 7.49. The van der Waals surface area contributed by atoms with Gasteiger partial charge >= 0.3 is 5.97 Å². The van der Waals surface area contributed by atoms with Crippen LogP contribution in [0, 0.1) is 11.8 Å². The molecule has 0 bridgehead atoms. The molecule has 1 aliphatic carbocycles. The molecule has 2 rings (SSSR count). The SMILES string of the molecule is C[C@H]1CCCC=C[C@@H]2CC[C@H](O)[C@H]2[C@H](O)C=CC(=O)O1. The first-order chi connectivity index (χ1) is 9.58. The molecule has 0 aromatic carbocycles. The summed E-state index contributed by atoms with van der Waals surface area (Å²) in [5.74, 6) is -0.472. The number of aliphatic hydroxyl groups excluding tert-OH is 2. The fourth-order valence-electron chi connectivity index (χ4n) is 3.13. The zero-order chi connectivity index (χ0) is 14.5. The molecule has 1 aliphatic heterocycles. The van der Waals surface area contributed by atoms with Crippen LogP contribution in [0.4, 0.5) is 0 Å². The van der Waals surface area contributed by atoms with Gasteiger partial charge in [0.25, 0.3) is 0 Å². The third-order valence-electron chi connectivity index (χ3n) is 4.24. The Balaban J connectivity index is 2.13. The quantitative estimate of drug-likeness (QED) is 0.526. The molecule has 112 valence electrons. The number of carbonyl (C=O) groups excluding carboxylic acids is 1. The second kappa shape index (κ2) is 7.04. The lowest BCUT2D eigenvalue weighted by molar-refractivity contribution is -0.142. The van der Waals surface area contributed by atoms with Crippen molar-refractivity contribution in [3.63, 3.8) is 0 Å². The van der Waals surface area contributed by atoms with E-state index in [1.807, 2.05) is 6.92 Å². The van der Waals surface area contributed by atoms with Crippen molar-refractivity contribution in [2.45, 2.75) is 57.3 Å². The van der Waals surface area contributed by atoms with Crippen LogP contribution >= 0.6 is 0 Å². The minimum Gasteiger partial charge on any atom is -0.460 e. The topological polar surface area (TPSA) is 66.8 Å². The highest BCUT2D eigenvalue weighted by molar-refractivity contribution is 5.82. The average molecular weight is 280 g/mol. The number of aliphatic hydroxyl groups is 2. The lowest BCUT2D eigenvalue weighted by Crippen LogP contribution is -2.30. The molecule has 0 radical (unpaired) electrons. The molecule has 1 heterocycles. The van der Waals surface area contributed by atoms with Gasteiger partial charge < -0.3 is 14.9 Å². The molecular weight excluding hydrogens is 256 g/mol. The zero-order valence-corrected chi connectivity index (χ0v) is 11.9. The Labute approximate surface area is 120 Å². The number of allylic oxidation sites excluding steroid dienone is 2. The van der Waals surface area contributed by atoms with Crippen LogP contribution < -0.4 is 0 Å². The Morgan fingerprint density at radius 1 is 1.20 bits per heavy atom. The van der Waals surface area contributed by atoms with Gasteiger partial charge in [-0.3, -0.25) is 0 Å². The smallest absolute Gasteiger partial charge is 0.330 e. The first-order valence-corrected chi connectivity index (χ1v) is 7.49. The van der Waals surface area contributed by atoms with E-state index in [1.54, 1.807) is 0 Å². The predicted octanol–water partition coefficient (Wildman–Crippen LogP) is 1.96. The summed E-state index contributed by atoms with van der Waals surface area (Å²) in [6, 6.07) is 0. The third kappa shape index (κ3) is 3.93. The minimum atomic E-state index is -0.814. The lowest BCUT2D eigenvalue weighted by atomic mass is 9.88. The summed E-state index contributed by atoms with van der Waals surface area (Å²) in [4.78, 5) is 11.6. The fourth-order valence-corrected chi connectivity index (χ4v) is 3.13. The second-order valence-electron chi connectivity index (χ2n) is 5.84. The molecule has 4 heteroatoms. The van der Waals surface area contributed by atoms with E-state index in [-0.39, 0.29) is 17.9 Å². The number of ether oxygens (including phenoxy) is 1. The van der Waals surface area contributed by atoms with E-state index in [0.717, 1.165) is 25.7 Å². The molecule has 2 N–H and O–H groups in total. The first kappa shape index (κ1) is 15.3. The van der Waals surface area contributed by atoms with Crippen molar-refractivity contribution in [2.75, 3.05) is 0 Å². The molecule has 5 atom stereocenters. The number of hydrogen-bond acceptors (Lipinski definition) is 4. The summed E-state index contributed by atoms with van der Waals surface area (Å²) in [5.41, 5.74) is 0. The van der Waals surface area contributed by atoms with Gasteiger partial charge in [0.05, 0.1) is 18.3 Å². The maximum Gasteiger partial charge on any atom is 0.330 e. The number of fused-ring (bicyclic) bond motifs is 1. The second-order valence-corrected chi connectivity index (χ2v) is 5.84. The van der Waals surface area contributed by atoms with Gasteiger partial charge in [-0.1, -0.05) is 12.2 Å². The summed E-state index contributed by atoms with van der Waals surface area (Å²) in [6.07, 6.45) is 9.86. The molecule has 0 saturated heterocycles. The maximum absolute atomic E-state index is 11.6. The molecule has 1 fully saturated rings. The van der Waals surface area contributed by atoms with Gasteiger partial charge in [-0.25, -0.2) is 4.79 Å². The third-order valence-corrected chi connectivity index (χ3v) is 4.24. The summed E-state index contributed by atoms with van der Waals surface area (Å²) in [5, 5.41) is 20.2. The number of hydrogen-bond donors (Lipinski definition) is 2. The Morgan fingerprint density at radius 3 is 2.80 bits per heavy atom. The van der Waals surface area contributed by atoms with Crippen molar-refractivity contribution < 1.29 is 19.7 Å². The van der Waals surface area contributed by atoms with Gasteiger partial charge in [0.1, 0.15) is 0 Å². The van der Waals surface area contributed by atoms with Crippen molar-refractivity contribution in [3.05, 3.63) is 24.3 Å². The molecule has 0 unspecified atom stereocenters. The van der Waals surface area contributed by atoms with Crippen LogP contribution in [0.1, 0.15) is 39.0 Å². The van der Waals surface area contributed by atoms with Crippen LogP contribution in [-0.4, -0.2) is 34.5 Å². The van der Waals surface area contributed by atoms with Crippen LogP contribution in [0.3, 0.4) is 0 Å². The molecular formula is C16H24O4. The molecule has 4 nitrogen and oxygen atoms in total. The van der Waals surface area contributed by atoms with Crippen LogP contribution in [0.25, 0.3) is 0 Å². The molecule has 0 aromatic rings. The van der Waals surface area contributed by atoms with Gasteiger partial charge in [-0.2, -0.15) is 0 Å². The van der Waals surface area contributed by atoms with Crippen molar-refractivity contribution in [2.24, 2.45) is 11.8 Å². The average Bonchev–Trinajstić information content (AvgIpc) is 2.76. The maximum atomic E-state index is 11.6. The van der Waals surface area contributed by atoms with E-state index in [4.69, 9.17) is 4.74 Å². The van der Waals surface area contributed by atoms with Gasteiger partial charge in [0.2, 0.25) is 0 Å². The largest absolute Gasteiger partial charge is 0.460 e. The normalized spacial score (nSPS) is 39.4. The molecule has 1 saturated carbocycles. The Kier molecular flexibility index (Phi) is 5.38. The van der Waals surface area contributed by atoms with Crippen LogP contribution in [-0.2, 0) is 9.53 Å². The van der Waals surface area contributed by atoms with E-state index in [9.17, 15) is 15.0 Å². The highest BCUT2D eigenvalue weighted by Crippen LogP contribution is 2.36. The highest BCUT2D eigenvalue weighted by atomic mass is 16.5. The minimum absolute atomic E-state index is 0.108. The predicted molar refractivity (Wildman–Crippen MR) is 75.9 cm³/mol. The van der Waals surface area contributed by atoms with E-state index in [1.165, 1.54) is 12.2 Å². The summed E-state index contributed by atoms with van der Waals surface area (Å²) < 4.78 is 5.23. The number of cyclic esters (lactones) is 1. The number of carbonyl (C=O) groups is 1. The summed E-state index contributed by atoms with van der Waals surface area (Å²) in [6.45, 7) is 1.88. The van der Waals surface area contributed by atoms with Gasteiger partial charge in [-0.05, 0) is 51.0 Å². The molecule has 0 amide bonds. The fraction of sp³-hybridized carbons (Fsp3) is 0.688. The van der Waals surface area contributed by atoms with E-state index < -0.39 is 18.2 Å². The van der Waals surface area contributed by atoms with E-state index in [0.29, 0.717) is 6.42 Å². The molecule has 2 aliphatic rings. The van der Waals surface area contributed by atoms with Gasteiger partial charge in [0.15, 0.2) is 0 Å². The Hall–Kier alpha value is -1.13. The van der Waals surface area contributed by atoms with Crippen molar-refractivity contribution >= 4 is 5.97 Å². The van der Waals surface area contributed by atoms with Crippen molar-refractivity contribution in [1.82, 2.24) is 0 Å². The zero-order valence-electron chi connectivity index (χ0n) is 11.9. The lowest BCUT2D eigenvalue weighted by Gasteiger charge is -2.23. The summed E-state index contributed by atoms with van der Waals surface area (Å²) >= 11 is 0. The monoisotopic (exact) mass is 280 g/mol. The Bertz CT molecular complexity index is 388.